The van der Waals surface area contributed by atoms with Crippen molar-refractivity contribution in [2.24, 2.45) is 35.0 Å². The number of rotatable bonds is 7. The molecule has 0 spiro atoms. The molecule has 2 aliphatic heterocycles. The minimum atomic E-state index is -1.14. The smallest absolute Gasteiger partial charge is 0.241 e. The van der Waals surface area contributed by atoms with E-state index < -0.39 is 35.0 Å². The highest BCUT2D eigenvalue weighted by molar-refractivity contribution is 6.24. The van der Waals surface area contributed by atoms with Gasteiger partial charge in [-0.1, -0.05) is 72.3 Å². The molecule has 9 heteroatoms. The lowest BCUT2D eigenvalue weighted by Gasteiger charge is -2.47. The number of phenols is 1. The van der Waals surface area contributed by atoms with E-state index in [-0.39, 0.29) is 47.4 Å². The largest absolute Gasteiger partial charge is 0.502 e. The number of nitrogens with zero attached hydrogens (tertiary/aromatic N) is 2. The minimum Gasteiger partial charge on any atom is -0.502 e. The monoisotopic (exact) mass is 632 g/mol. The zero-order valence-corrected chi connectivity index (χ0v) is 26.5. The van der Waals surface area contributed by atoms with Crippen LogP contribution in [0.2, 0.25) is 0 Å². The van der Waals surface area contributed by atoms with Gasteiger partial charge in [-0.2, -0.15) is 0 Å². The number of fused-ring (bicyclic) bond motifs is 4. The lowest BCUT2D eigenvalue weighted by Crippen LogP contribution is -2.49. The highest BCUT2D eigenvalue weighted by atomic mass is 16.5. The number of methoxy groups -OCH3 is 2. The van der Waals surface area contributed by atoms with E-state index in [2.05, 4.69) is 0 Å². The van der Waals surface area contributed by atoms with E-state index in [1.807, 2.05) is 61.5 Å². The number of hydrogen-bond donors (Lipinski definition) is 1. The summed E-state index contributed by atoms with van der Waals surface area (Å²) in [5.41, 5.74) is 1.79. The maximum atomic E-state index is 14.5. The first-order valence-electron chi connectivity index (χ1n) is 15.8. The van der Waals surface area contributed by atoms with Crippen molar-refractivity contribution in [3.8, 4) is 17.2 Å². The predicted octanol–water partition coefficient (Wildman–Crippen LogP) is 5.39. The van der Waals surface area contributed by atoms with Gasteiger partial charge in [-0.3, -0.25) is 24.1 Å². The van der Waals surface area contributed by atoms with Crippen molar-refractivity contribution in [1.82, 2.24) is 4.90 Å². The minimum absolute atomic E-state index is 0.127. The van der Waals surface area contributed by atoms with Gasteiger partial charge in [0.2, 0.25) is 29.4 Å². The molecule has 47 heavy (non-hydrogen) atoms. The van der Waals surface area contributed by atoms with Crippen molar-refractivity contribution in [2.45, 2.75) is 26.3 Å². The number of para-hydroxylation sites is 1. The number of benzene rings is 3. The molecule has 9 nitrogen and oxygen atoms in total. The molecule has 0 radical (unpaired) electrons. The Kier molecular flexibility index (Phi) is 7.50. The fraction of sp³-hybridized carbons (Fsp3) is 0.316. The van der Waals surface area contributed by atoms with E-state index in [0.29, 0.717) is 24.1 Å². The summed E-state index contributed by atoms with van der Waals surface area (Å²) in [5.74, 6) is -3.47. The fourth-order valence-electron chi connectivity index (χ4n) is 8.25. The summed E-state index contributed by atoms with van der Waals surface area (Å²) in [4.78, 5) is 59.2. The van der Waals surface area contributed by atoms with Crippen LogP contribution in [0, 0.1) is 35.0 Å². The van der Waals surface area contributed by atoms with Gasteiger partial charge in [-0.25, -0.2) is 4.90 Å². The number of carbonyl (C=O) groups is 4. The number of ether oxygens (including phenoxy) is 2. The van der Waals surface area contributed by atoms with Crippen LogP contribution < -0.4 is 14.4 Å². The molecule has 4 aliphatic rings. The summed E-state index contributed by atoms with van der Waals surface area (Å²) in [6.07, 6.45) is 6.45. The van der Waals surface area contributed by atoms with Crippen molar-refractivity contribution >= 4 is 35.4 Å². The van der Waals surface area contributed by atoms with Gasteiger partial charge in [-0.15, -0.1) is 0 Å². The first kappa shape index (κ1) is 30.5. The zero-order chi connectivity index (χ0) is 33.0. The summed E-state index contributed by atoms with van der Waals surface area (Å²) < 4.78 is 10.7. The number of allylic oxidation sites excluding steroid dienone is 3. The molecule has 240 valence electrons. The first-order chi connectivity index (χ1) is 22.7. The van der Waals surface area contributed by atoms with Crippen LogP contribution in [0.4, 0.5) is 5.69 Å². The van der Waals surface area contributed by atoms with E-state index in [9.17, 15) is 24.3 Å². The molecule has 3 aromatic carbocycles. The molecule has 0 unspecified atom stereocenters. The quantitative estimate of drug-likeness (QED) is 0.275. The van der Waals surface area contributed by atoms with Crippen molar-refractivity contribution < 1.29 is 33.8 Å². The Labute approximate surface area is 273 Å². The molecule has 2 aliphatic carbocycles. The number of carbonyl (C=O) groups excluding carboxylic acids is 4. The van der Waals surface area contributed by atoms with Gasteiger partial charge in [0.05, 0.1) is 49.6 Å². The van der Waals surface area contributed by atoms with Gasteiger partial charge in [0.25, 0.3) is 0 Å². The number of likely N-dealkylation sites (tertiary alicyclic amines) is 1. The molecule has 2 heterocycles. The third-order valence-electron chi connectivity index (χ3n) is 10.6. The van der Waals surface area contributed by atoms with Crippen molar-refractivity contribution in [2.75, 3.05) is 19.1 Å². The number of hydrogen-bond acceptors (Lipinski definition) is 7. The highest BCUT2D eigenvalue weighted by Gasteiger charge is 2.66. The maximum Gasteiger partial charge on any atom is 0.241 e. The third-order valence-corrected chi connectivity index (χ3v) is 10.6. The number of imide groups is 2. The van der Waals surface area contributed by atoms with Gasteiger partial charge in [0.1, 0.15) is 0 Å². The second kappa shape index (κ2) is 11.6. The van der Waals surface area contributed by atoms with Gasteiger partial charge < -0.3 is 14.6 Å². The van der Waals surface area contributed by atoms with Crippen LogP contribution in [-0.4, -0.2) is 47.9 Å². The van der Waals surface area contributed by atoms with Crippen LogP contribution in [0.25, 0.3) is 6.08 Å². The molecule has 7 rings (SSSR count). The lowest BCUT2D eigenvalue weighted by atomic mass is 9.52. The van der Waals surface area contributed by atoms with Gasteiger partial charge >= 0.3 is 0 Å². The zero-order valence-electron chi connectivity index (χ0n) is 26.5. The summed E-state index contributed by atoms with van der Waals surface area (Å²) in [6, 6.07) is 21.7. The Morgan fingerprint density at radius 3 is 2.15 bits per heavy atom. The topological polar surface area (TPSA) is 113 Å². The van der Waals surface area contributed by atoms with Crippen molar-refractivity contribution in [1.29, 1.82) is 0 Å². The standard InChI is InChI=1S/C38H36N2O7/c1-38-28(17-14-23-18-30(46-2)33(41)31(19-23)47-3)25-15-16-26-32(36(44)39(34(26)42)21-22-10-6-4-7-11-22)27(25)20-29(38)35(43)40(37(38)45)24-12-8-5-9-13-24/h4-15,17-19,26-29,32,41H,16,20-21H2,1-3H3/t26-,27+,28-,29-,32-,38-/m0/s1. The van der Waals surface area contributed by atoms with Crippen molar-refractivity contribution in [3.05, 3.63) is 102 Å². The first-order valence-corrected chi connectivity index (χ1v) is 15.8. The number of phenolic OH excluding ortho intramolecular Hbond substituents is 1. The molecule has 2 saturated heterocycles. The second-order valence-corrected chi connectivity index (χ2v) is 12.9. The Balaban J connectivity index is 1.31. The summed E-state index contributed by atoms with van der Waals surface area (Å²) in [6.45, 7) is 2.04. The van der Waals surface area contributed by atoms with Crippen LogP contribution in [0.5, 0.6) is 17.2 Å². The van der Waals surface area contributed by atoms with Gasteiger partial charge in [0.15, 0.2) is 11.5 Å². The van der Waals surface area contributed by atoms with E-state index >= 15 is 0 Å². The predicted molar refractivity (Wildman–Crippen MR) is 174 cm³/mol. The van der Waals surface area contributed by atoms with E-state index in [1.54, 1.807) is 36.4 Å². The normalized spacial score (nSPS) is 28.3. The number of anilines is 1. The third kappa shape index (κ3) is 4.67. The average Bonchev–Trinajstić information content (AvgIpc) is 3.44. The Bertz CT molecular complexity index is 1810. The van der Waals surface area contributed by atoms with Gasteiger partial charge in [-0.05, 0) is 61.1 Å². The summed E-state index contributed by atoms with van der Waals surface area (Å²) >= 11 is 0. The van der Waals surface area contributed by atoms with E-state index in [4.69, 9.17) is 9.47 Å². The van der Waals surface area contributed by atoms with E-state index in [0.717, 1.165) is 11.1 Å². The van der Waals surface area contributed by atoms with Crippen LogP contribution in [0.15, 0.2) is 90.5 Å². The number of amides is 4. The Morgan fingerprint density at radius 1 is 0.872 bits per heavy atom. The van der Waals surface area contributed by atoms with Crippen LogP contribution in [0.3, 0.4) is 0 Å². The fourth-order valence-corrected chi connectivity index (χ4v) is 8.25. The molecule has 0 aromatic heterocycles. The molecule has 3 fully saturated rings. The molecule has 6 atom stereocenters. The van der Waals surface area contributed by atoms with Crippen molar-refractivity contribution in [3.63, 3.8) is 0 Å². The molecular formula is C38H36N2O7. The molecule has 1 N–H and O–H groups in total. The molecule has 3 aromatic rings. The second-order valence-electron chi connectivity index (χ2n) is 12.9. The van der Waals surface area contributed by atoms with Crippen LogP contribution >= 0.6 is 0 Å². The summed E-state index contributed by atoms with van der Waals surface area (Å²) in [5, 5.41) is 10.5. The molecule has 4 amide bonds. The highest BCUT2D eigenvalue weighted by Crippen LogP contribution is 2.61. The number of aromatic hydroxyl groups is 1. The van der Waals surface area contributed by atoms with Crippen LogP contribution in [0.1, 0.15) is 30.9 Å². The maximum absolute atomic E-state index is 14.5. The summed E-state index contributed by atoms with van der Waals surface area (Å²) in [7, 11) is 2.90. The molecule has 1 saturated carbocycles. The molecular weight excluding hydrogens is 596 g/mol. The van der Waals surface area contributed by atoms with E-state index in [1.165, 1.54) is 24.0 Å². The van der Waals surface area contributed by atoms with Gasteiger partial charge in [0, 0.05) is 5.92 Å². The Hall–Kier alpha value is -5.18. The Morgan fingerprint density at radius 2 is 1.51 bits per heavy atom. The molecule has 0 bridgehead atoms. The SMILES string of the molecule is COc1cc(C=C[C@H]2C3=CC[C@@H]4C(=O)N(Cc5ccccc5)C(=O)[C@@H]4[C@@H]3C[C@H]3C(=O)N(c4ccccc4)C(=O)[C@@]23C)cc(OC)c1O. The van der Waals surface area contributed by atoms with Crippen LogP contribution in [-0.2, 0) is 25.7 Å². The lowest BCUT2D eigenvalue weighted by molar-refractivity contribution is -0.141. The average molecular weight is 633 g/mol.